The van der Waals surface area contributed by atoms with Gasteiger partial charge in [-0.3, -0.25) is 0 Å². The quantitative estimate of drug-likeness (QED) is 0.564. The first-order valence-electron chi connectivity index (χ1n) is 4.75. The van der Waals surface area contributed by atoms with Crippen molar-refractivity contribution < 1.29 is 0 Å². The van der Waals surface area contributed by atoms with Gasteiger partial charge in [0.05, 0.1) is 6.20 Å². The van der Waals surface area contributed by atoms with E-state index in [0.717, 1.165) is 19.3 Å². The first-order chi connectivity index (χ1) is 6.88. The molecule has 0 spiro atoms. The van der Waals surface area contributed by atoms with Crippen LogP contribution in [0.15, 0.2) is 18.5 Å². The van der Waals surface area contributed by atoms with E-state index in [2.05, 4.69) is 21.4 Å². The van der Waals surface area contributed by atoms with Crippen molar-refractivity contribution in [1.82, 2.24) is 15.5 Å². The SMILES string of the molecule is C#CCCCC(NC)c1ccnnc1. The fourth-order valence-corrected chi connectivity index (χ4v) is 1.39. The highest BCUT2D eigenvalue weighted by Crippen LogP contribution is 2.16. The molecule has 1 unspecified atom stereocenters. The Morgan fingerprint density at radius 1 is 1.57 bits per heavy atom. The number of terminal acetylenes is 1. The van der Waals surface area contributed by atoms with Crippen molar-refractivity contribution in [3.63, 3.8) is 0 Å². The molecule has 0 saturated heterocycles. The van der Waals surface area contributed by atoms with Crippen LogP contribution in [0.1, 0.15) is 30.9 Å². The Balaban J connectivity index is 2.51. The minimum Gasteiger partial charge on any atom is -0.313 e. The van der Waals surface area contributed by atoms with Crippen LogP contribution in [0.4, 0.5) is 0 Å². The maximum Gasteiger partial charge on any atom is 0.0544 e. The average Bonchev–Trinajstić information content (AvgIpc) is 2.26. The Bertz CT molecular complexity index is 289. The van der Waals surface area contributed by atoms with Crippen molar-refractivity contribution in [2.45, 2.75) is 25.3 Å². The molecule has 0 aliphatic heterocycles. The number of nitrogens with one attached hydrogen (secondary N) is 1. The number of hydrogen-bond donors (Lipinski definition) is 1. The average molecular weight is 189 g/mol. The minimum atomic E-state index is 0.332. The first-order valence-corrected chi connectivity index (χ1v) is 4.75. The van der Waals surface area contributed by atoms with Crippen LogP contribution in [-0.4, -0.2) is 17.2 Å². The second-order valence-corrected chi connectivity index (χ2v) is 3.11. The number of rotatable bonds is 5. The normalized spacial score (nSPS) is 12.0. The van der Waals surface area contributed by atoms with Gasteiger partial charge in [0, 0.05) is 18.7 Å². The zero-order valence-electron chi connectivity index (χ0n) is 8.40. The van der Waals surface area contributed by atoms with Gasteiger partial charge in [-0.2, -0.15) is 10.2 Å². The molecule has 0 aliphatic rings. The van der Waals surface area contributed by atoms with Gasteiger partial charge < -0.3 is 5.32 Å². The van der Waals surface area contributed by atoms with Crippen LogP contribution in [0.3, 0.4) is 0 Å². The third kappa shape index (κ3) is 3.15. The highest BCUT2D eigenvalue weighted by molar-refractivity contribution is 5.11. The van der Waals surface area contributed by atoms with E-state index in [9.17, 15) is 0 Å². The summed E-state index contributed by atoms with van der Waals surface area (Å²) in [4.78, 5) is 0. The lowest BCUT2D eigenvalue weighted by Gasteiger charge is -2.14. The van der Waals surface area contributed by atoms with Crippen LogP contribution in [0.2, 0.25) is 0 Å². The van der Waals surface area contributed by atoms with E-state index in [1.54, 1.807) is 12.4 Å². The number of aromatic nitrogens is 2. The van der Waals surface area contributed by atoms with E-state index in [0.29, 0.717) is 6.04 Å². The fourth-order valence-electron chi connectivity index (χ4n) is 1.39. The van der Waals surface area contributed by atoms with Gasteiger partial charge >= 0.3 is 0 Å². The summed E-state index contributed by atoms with van der Waals surface area (Å²) in [7, 11) is 1.95. The third-order valence-corrected chi connectivity index (χ3v) is 2.17. The van der Waals surface area contributed by atoms with E-state index in [4.69, 9.17) is 6.42 Å². The lowest BCUT2D eigenvalue weighted by molar-refractivity contribution is 0.529. The summed E-state index contributed by atoms with van der Waals surface area (Å²) in [5, 5.41) is 10.8. The Hall–Kier alpha value is -1.40. The number of hydrogen-bond acceptors (Lipinski definition) is 3. The van der Waals surface area contributed by atoms with Crippen LogP contribution in [0, 0.1) is 12.3 Å². The van der Waals surface area contributed by atoms with Gasteiger partial charge in [-0.1, -0.05) is 0 Å². The summed E-state index contributed by atoms with van der Waals surface area (Å²) < 4.78 is 0. The lowest BCUT2D eigenvalue weighted by atomic mass is 10.0. The van der Waals surface area contributed by atoms with Gasteiger partial charge in [0.25, 0.3) is 0 Å². The Morgan fingerprint density at radius 3 is 3.00 bits per heavy atom. The molecule has 1 N–H and O–H groups in total. The van der Waals surface area contributed by atoms with Gasteiger partial charge in [-0.25, -0.2) is 0 Å². The molecule has 1 aromatic rings. The lowest BCUT2D eigenvalue weighted by Crippen LogP contribution is -2.16. The summed E-state index contributed by atoms with van der Waals surface area (Å²) in [5.41, 5.74) is 1.17. The molecular formula is C11H15N3. The summed E-state index contributed by atoms with van der Waals surface area (Å²) in [5.74, 6) is 2.64. The van der Waals surface area contributed by atoms with E-state index >= 15 is 0 Å². The predicted molar refractivity (Wildman–Crippen MR) is 56.5 cm³/mol. The predicted octanol–water partition coefficient (Wildman–Crippen LogP) is 1.54. The zero-order valence-corrected chi connectivity index (χ0v) is 8.40. The standard InChI is InChI=1S/C11H15N3/c1-3-4-5-6-11(12-2)10-7-8-13-14-9-10/h1,7-9,11-12H,4-6H2,2H3. The van der Waals surface area contributed by atoms with Crippen LogP contribution in [0.25, 0.3) is 0 Å². The van der Waals surface area contributed by atoms with Gasteiger partial charge in [0.1, 0.15) is 0 Å². The monoisotopic (exact) mass is 189 g/mol. The largest absolute Gasteiger partial charge is 0.313 e. The molecule has 14 heavy (non-hydrogen) atoms. The molecule has 3 heteroatoms. The second-order valence-electron chi connectivity index (χ2n) is 3.11. The van der Waals surface area contributed by atoms with E-state index in [1.807, 2.05) is 13.1 Å². The number of nitrogens with zero attached hydrogens (tertiary/aromatic N) is 2. The highest BCUT2D eigenvalue weighted by Gasteiger charge is 2.07. The fraction of sp³-hybridized carbons (Fsp3) is 0.455. The van der Waals surface area contributed by atoms with Crippen molar-refractivity contribution in [1.29, 1.82) is 0 Å². The molecular weight excluding hydrogens is 174 g/mol. The molecule has 3 nitrogen and oxygen atoms in total. The molecule has 0 saturated carbocycles. The van der Waals surface area contributed by atoms with Crippen molar-refractivity contribution in [2.75, 3.05) is 7.05 Å². The van der Waals surface area contributed by atoms with Gasteiger partial charge in [0.15, 0.2) is 0 Å². The number of unbranched alkanes of at least 4 members (excludes halogenated alkanes) is 1. The van der Waals surface area contributed by atoms with Gasteiger partial charge in [0.2, 0.25) is 0 Å². The van der Waals surface area contributed by atoms with E-state index in [-0.39, 0.29) is 0 Å². The molecule has 0 aliphatic carbocycles. The molecule has 0 aromatic carbocycles. The second kappa shape index (κ2) is 6.11. The van der Waals surface area contributed by atoms with Crippen molar-refractivity contribution in [2.24, 2.45) is 0 Å². The van der Waals surface area contributed by atoms with Crippen molar-refractivity contribution >= 4 is 0 Å². The molecule has 1 heterocycles. The first kappa shape index (κ1) is 10.7. The summed E-state index contributed by atoms with van der Waals surface area (Å²) in [6.07, 6.45) is 11.6. The molecule has 74 valence electrons. The summed E-state index contributed by atoms with van der Waals surface area (Å²) in [6, 6.07) is 2.31. The molecule has 0 radical (unpaired) electrons. The molecule has 0 bridgehead atoms. The minimum absolute atomic E-state index is 0.332. The van der Waals surface area contributed by atoms with Crippen molar-refractivity contribution in [3.05, 3.63) is 24.0 Å². The molecule has 1 rings (SSSR count). The summed E-state index contributed by atoms with van der Waals surface area (Å²) >= 11 is 0. The van der Waals surface area contributed by atoms with Gasteiger partial charge in [-0.05, 0) is 31.5 Å². The smallest absolute Gasteiger partial charge is 0.0544 e. The van der Waals surface area contributed by atoms with Crippen LogP contribution in [-0.2, 0) is 0 Å². The van der Waals surface area contributed by atoms with Crippen LogP contribution in [0.5, 0.6) is 0 Å². The Morgan fingerprint density at radius 2 is 2.43 bits per heavy atom. The molecule has 0 fully saturated rings. The Labute approximate surface area is 84.9 Å². The third-order valence-electron chi connectivity index (χ3n) is 2.17. The zero-order chi connectivity index (χ0) is 10.2. The highest BCUT2D eigenvalue weighted by atomic mass is 15.1. The summed E-state index contributed by atoms with van der Waals surface area (Å²) in [6.45, 7) is 0. The van der Waals surface area contributed by atoms with E-state index in [1.165, 1.54) is 5.56 Å². The van der Waals surface area contributed by atoms with E-state index < -0.39 is 0 Å². The molecule has 1 aromatic heterocycles. The molecule has 1 atom stereocenters. The van der Waals surface area contributed by atoms with Crippen LogP contribution < -0.4 is 5.32 Å². The maximum absolute atomic E-state index is 5.20. The van der Waals surface area contributed by atoms with Crippen molar-refractivity contribution in [3.8, 4) is 12.3 Å². The van der Waals surface area contributed by atoms with Crippen LogP contribution >= 0.6 is 0 Å². The topological polar surface area (TPSA) is 37.8 Å². The molecule has 0 amide bonds. The maximum atomic E-state index is 5.20. The van der Waals surface area contributed by atoms with Gasteiger partial charge in [-0.15, -0.1) is 12.3 Å². The Kier molecular flexibility index (Phi) is 4.66.